The van der Waals surface area contributed by atoms with Gasteiger partial charge in [0.05, 0.1) is 0 Å². The molecule has 0 unspecified atom stereocenters. The molecule has 0 aromatic heterocycles. The lowest BCUT2D eigenvalue weighted by atomic mass is 10.1. The maximum Gasteiger partial charge on any atom is 0.258 e. The molecule has 0 saturated carbocycles. The second kappa shape index (κ2) is 8.23. The van der Waals surface area contributed by atoms with Gasteiger partial charge in [-0.05, 0) is 25.0 Å². The molecule has 3 nitrogen and oxygen atoms in total. The second-order valence-electron chi connectivity index (χ2n) is 5.41. The van der Waals surface area contributed by atoms with Crippen molar-refractivity contribution in [3.05, 3.63) is 54.6 Å². The van der Waals surface area contributed by atoms with Crippen LogP contribution >= 0.6 is 0 Å². The first-order valence-corrected chi connectivity index (χ1v) is 7.77. The first-order valence-electron chi connectivity index (χ1n) is 7.77. The van der Waals surface area contributed by atoms with Gasteiger partial charge in [0.25, 0.3) is 5.91 Å². The van der Waals surface area contributed by atoms with E-state index >= 15 is 0 Å². The minimum atomic E-state index is -0.0798. The van der Waals surface area contributed by atoms with Gasteiger partial charge in [0, 0.05) is 11.6 Å². The number of carbonyl (C=O) groups is 1. The number of nitrogens with one attached hydrogen (secondary N) is 1. The molecule has 0 aliphatic rings. The lowest BCUT2D eigenvalue weighted by Gasteiger charge is -2.14. The maximum atomic E-state index is 11.9. The number of rotatable bonds is 7. The SMILES string of the molecule is CCC[C@@H](C)NC(=O)COc1ccccc1-c1ccccc1. The number of para-hydroxylation sites is 1. The van der Waals surface area contributed by atoms with Crippen LogP contribution in [0, 0.1) is 0 Å². The van der Waals surface area contributed by atoms with Crippen LogP contribution in [-0.2, 0) is 4.79 Å². The smallest absolute Gasteiger partial charge is 0.258 e. The molecule has 0 bridgehead atoms. The predicted molar refractivity (Wildman–Crippen MR) is 89.9 cm³/mol. The summed E-state index contributed by atoms with van der Waals surface area (Å²) in [6.07, 6.45) is 2.03. The Morgan fingerprint density at radius 2 is 1.77 bits per heavy atom. The van der Waals surface area contributed by atoms with Crippen LogP contribution in [0.15, 0.2) is 54.6 Å². The Kier molecular flexibility index (Phi) is 6.01. The van der Waals surface area contributed by atoms with Crippen LogP contribution in [0.2, 0.25) is 0 Å². The summed E-state index contributed by atoms with van der Waals surface area (Å²) in [5.41, 5.74) is 2.08. The molecule has 1 N–H and O–H groups in total. The van der Waals surface area contributed by atoms with Crippen LogP contribution in [0.5, 0.6) is 5.75 Å². The van der Waals surface area contributed by atoms with Crippen LogP contribution in [0.1, 0.15) is 26.7 Å². The molecule has 0 fully saturated rings. The fraction of sp³-hybridized carbons (Fsp3) is 0.316. The predicted octanol–water partition coefficient (Wildman–Crippen LogP) is 4.04. The summed E-state index contributed by atoms with van der Waals surface area (Å²) in [5, 5.41) is 2.95. The minimum absolute atomic E-state index is 0.0396. The van der Waals surface area contributed by atoms with Crippen LogP contribution < -0.4 is 10.1 Å². The maximum absolute atomic E-state index is 11.9. The van der Waals surface area contributed by atoms with Crippen LogP contribution in [0.4, 0.5) is 0 Å². The molecule has 1 amide bonds. The highest BCUT2D eigenvalue weighted by molar-refractivity contribution is 5.78. The van der Waals surface area contributed by atoms with Crippen molar-refractivity contribution in [1.29, 1.82) is 0 Å². The molecule has 116 valence electrons. The van der Waals surface area contributed by atoms with E-state index in [9.17, 15) is 4.79 Å². The molecule has 2 aromatic rings. The summed E-state index contributed by atoms with van der Waals surface area (Å²) in [4.78, 5) is 11.9. The third-order valence-electron chi connectivity index (χ3n) is 3.46. The van der Waals surface area contributed by atoms with E-state index in [2.05, 4.69) is 12.2 Å². The zero-order chi connectivity index (χ0) is 15.8. The Balaban J connectivity index is 2.00. The Bertz CT molecular complexity index is 595. The van der Waals surface area contributed by atoms with Gasteiger partial charge < -0.3 is 10.1 Å². The molecular formula is C19H23NO2. The lowest BCUT2D eigenvalue weighted by molar-refractivity contribution is -0.123. The van der Waals surface area contributed by atoms with Crippen molar-refractivity contribution in [1.82, 2.24) is 5.32 Å². The summed E-state index contributed by atoms with van der Waals surface area (Å²) < 4.78 is 5.72. The molecule has 3 heteroatoms. The normalized spacial score (nSPS) is 11.7. The number of hydrogen-bond acceptors (Lipinski definition) is 2. The van der Waals surface area contributed by atoms with Gasteiger partial charge in [-0.3, -0.25) is 4.79 Å². The average molecular weight is 297 g/mol. The van der Waals surface area contributed by atoms with E-state index in [1.54, 1.807) is 0 Å². The summed E-state index contributed by atoms with van der Waals surface area (Å²) in [6, 6.07) is 18.0. The molecular weight excluding hydrogens is 274 g/mol. The third-order valence-corrected chi connectivity index (χ3v) is 3.46. The third kappa shape index (κ3) is 4.62. The van der Waals surface area contributed by atoms with E-state index in [0.717, 1.165) is 29.7 Å². The molecule has 0 spiro atoms. The van der Waals surface area contributed by atoms with Crippen LogP contribution in [0.3, 0.4) is 0 Å². The molecule has 0 radical (unpaired) electrons. The van der Waals surface area contributed by atoms with E-state index in [-0.39, 0.29) is 18.6 Å². The fourth-order valence-corrected chi connectivity index (χ4v) is 2.41. The minimum Gasteiger partial charge on any atom is -0.483 e. The first-order chi connectivity index (χ1) is 10.7. The Morgan fingerprint density at radius 3 is 2.50 bits per heavy atom. The molecule has 0 saturated heterocycles. The van der Waals surface area contributed by atoms with Crippen LogP contribution in [-0.4, -0.2) is 18.6 Å². The van der Waals surface area contributed by atoms with Crippen molar-refractivity contribution in [3.8, 4) is 16.9 Å². The van der Waals surface area contributed by atoms with Crippen molar-refractivity contribution in [2.45, 2.75) is 32.7 Å². The number of hydrogen-bond donors (Lipinski definition) is 1. The van der Waals surface area contributed by atoms with Gasteiger partial charge >= 0.3 is 0 Å². The average Bonchev–Trinajstić information content (AvgIpc) is 2.54. The van der Waals surface area contributed by atoms with Crippen molar-refractivity contribution in [2.75, 3.05) is 6.61 Å². The Hall–Kier alpha value is -2.29. The second-order valence-corrected chi connectivity index (χ2v) is 5.41. The number of amides is 1. The van der Waals surface area contributed by atoms with Crippen molar-refractivity contribution in [3.63, 3.8) is 0 Å². The van der Waals surface area contributed by atoms with E-state index in [1.165, 1.54) is 0 Å². The Morgan fingerprint density at radius 1 is 1.09 bits per heavy atom. The zero-order valence-corrected chi connectivity index (χ0v) is 13.2. The highest BCUT2D eigenvalue weighted by Gasteiger charge is 2.10. The molecule has 0 aliphatic carbocycles. The van der Waals surface area contributed by atoms with Gasteiger partial charge in [-0.15, -0.1) is 0 Å². The first kappa shape index (κ1) is 16.1. The summed E-state index contributed by atoms with van der Waals surface area (Å²) in [6.45, 7) is 4.16. The Labute approximate surface area is 132 Å². The molecule has 2 aromatic carbocycles. The van der Waals surface area contributed by atoms with Crippen molar-refractivity contribution in [2.24, 2.45) is 0 Å². The topological polar surface area (TPSA) is 38.3 Å². The highest BCUT2D eigenvalue weighted by Crippen LogP contribution is 2.29. The monoisotopic (exact) mass is 297 g/mol. The van der Waals surface area contributed by atoms with Gasteiger partial charge in [0.2, 0.25) is 0 Å². The molecule has 2 rings (SSSR count). The zero-order valence-electron chi connectivity index (χ0n) is 13.2. The lowest BCUT2D eigenvalue weighted by Crippen LogP contribution is -2.35. The number of carbonyl (C=O) groups excluding carboxylic acids is 1. The van der Waals surface area contributed by atoms with Crippen molar-refractivity contribution >= 4 is 5.91 Å². The van der Waals surface area contributed by atoms with E-state index in [4.69, 9.17) is 4.74 Å². The van der Waals surface area contributed by atoms with Crippen LogP contribution in [0.25, 0.3) is 11.1 Å². The molecule has 22 heavy (non-hydrogen) atoms. The molecule has 1 atom stereocenters. The van der Waals surface area contributed by atoms with E-state index in [0.29, 0.717) is 0 Å². The largest absolute Gasteiger partial charge is 0.483 e. The standard InChI is InChI=1S/C19H23NO2/c1-3-9-15(2)20-19(21)14-22-18-13-8-7-12-17(18)16-10-5-4-6-11-16/h4-8,10-13,15H,3,9,14H2,1-2H3,(H,20,21)/t15-/m1/s1. The quantitative estimate of drug-likeness (QED) is 0.837. The number of benzene rings is 2. The summed E-state index contributed by atoms with van der Waals surface area (Å²) in [5.74, 6) is 0.649. The van der Waals surface area contributed by atoms with Gasteiger partial charge in [0.1, 0.15) is 5.75 Å². The van der Waals surface area contributed by atoms with E-state index in [1.807, 2.05) is 61.5 Å². The van der Waals surface area contributed by atoms with Crippen molar-refractivity contribution < 1.29 is 9.53 Å². The molecule has 0 aliphatic heterocycles. The van der Waals surface area contributed by atoms with Gasteiger partial charge in [-0.25, -0.2) is 0 Å². The van der Waals surface area contributed by atoms with Gasteiger partial charge in [0.15, 0.2) is 6.61 Å². The fourth-order valence-electron chi connectivity index (χ4n) is 2.41. The highest BCUT2D eigenvalue weighted by atomic mass is 16.5. The van der Waals surface area contributed by atoms with Gasteiger partial charge in [-0.2, -0.15) is 0 Å². The molecule has 0 heterocycles. The summed E-state index contributed by atoms with van der Waals surface area (Å²) >= 11 is 0. The van der Waals surface area contributed by atoms with E-state index < -0.39 is 0 Å². The number of ether oxygens (including phenoxy) is 1. The van der Waals surface area contributed by atoms with Gasteiger partial charge in [-0.1, -0.05) is 61.9 Å². The summed E-state index contributed by atoms with van der Waals surface area (Å²) in [7, 11) is 0.